The van der Waals surface area contributed by atoms with Crippen molar-refractivity contribution in [1.82, 2.24) is 9.97 Å². The number of aromatic amines is 1. The number of aromatic nitrogens is 2. The maximum Gasteiger partial charge on any atom is 0.258 e. The van der Waals surface area contributed by atoms with Gasteiger partial charge in [-0.3, -0.25) is 9.59 Å². The van der Waals surface area contributed by atoms with Crippen LogP contribution in [0.3, 0.4) is 0 Å². The van der Waals surface area contributed by atoms with Crippen molar-refractivity contribution in [2.24, 2.45) is 0 Å². The van der Waals surface area contributed by atoms with Gasteiger partial charge in [0.2, 0.25) is 6.41 Å². The van der Waals surface area contributed by atoms with Crippen molar-refractivity contribution in [2.45, 2.75) is 0 Å². The second kappa shape index (κ2) is 5.46. The second-order valence-electron chi connectivity index (χ2n) is 4.27. The molecular formula is C15H11N3O3. The molecule has 21 heavy (non-hydrogen) atoms. The molecule has 0 spiro atoms. The number of ether oxygens (including phenoxy) is 1. The van der Waals surface area contributed by atoms with Gasteiger partial charge in [-0.2, -0.15) is 0 Å². The molecule has 0 aliphatic heterocycles. The number of para-hydroxylation sites is 1. The van der Waals surface area contributed by atoms with Crippen molar-refractivity contribution in [3.8, 4) is 11.5 Å². The van der Waals surface area contributed by atoms with E-state index in [1.54, 1.807) is 24.3 Å². The number of fused-ring (bicyclic) bond motifs is 1. The van der Waals surface area contributed by atoms with Gasteiger partial charge in [-0.25, -0.2) is 4.98 Å². The molecule has 0 radical (unpaired) electrons. The third-order valence-electron chi connectivity index (χ3n) is 2.93. The molecule has 0 aliphatic carbocycles. The Balaban J connectivity index is 2.14. The Hall–Kier alpha value is -3.15. The fourth-order valence-corrected chi connectivity index (χ4v) is 1.97. The molecule has 0 saturated carbocycles. The summed E-state index contributed by atoms with van der Waals surface area (Å²) >= 11 is 0. The van der Waals surface area contributed by atoms with Crippen molar-refractivity contribution in [3.63, 3.8) is 0 Å². The summed E-state index contributed by atoms with van der Waals surface area (Å²) in [6.07, 6.45) is 1.86. The minimum absolute atomic E-state index is 0.268. The molecule has 2 aromatic carbocycles. The monoisotopic (exact) mass is 281 g/mol. The minimum Gasteiger partial charge on any atom is -0.455 e. The Morgan fingerprint density at radius 2 is 2.00 bits per heavy atom. The number of benzene rings is 2. The van der Waals surface area contributed by atoms with Crippen LogP contribution in [0.25, 0.3) is 10.9 Å². The summed E-state index contributed by atoms with van der Waals surface area (Å²) in [6.45, 7) is 0. The van der Waals surface area contributed by atoms with Crippen molar-refractivity contribution < 1.29 is 9.53 Å². The third kappa shape index (κ3) is 2.59. The summed E-state index contributed by atoms with van der Waals surface area (Å²) in [7, 11) is 0. The van der Waals surface area contributed by atoms with Crippen molar-refractivity contribution >= 4 is 23.0 Å². The highest BCUT2D eigenvalue weighted by Gasteiger charge is 2.10. The predicted octanol–water partition coefficient (Wildman–Crippen LogP) is 2.28. The van der Waals surface area contributed by atoms with Gasteiger partial charge in [0.05, 0.1) is 22.9 Å². The zero-order valence-electron chi connectivity index (χ0n) is 10.9. The fraction of sp³-hybridized carbons (Fsp3) is 0. The van der Waals surface area contributed by atoms with Crippen LogP contribution >= 0.6 is 0 Å². The molecule has 1 heterocycles. The number of rotatable bonds is 4. The summed E-state index contributed by atoms with van der Waals surface area (Å²) in [6, 6.07) is 12.2. The number of nitrogens with zero attached hydrogens (tertiary/aromatic N) is 1. The molecule has 0 aliphatic rings. The molecule has 0 fully saturated rings. The highest BCUT2D eigenvalue weighted by molar-refractivity contribution is 5.88. The van der Waals surface area contributed by atoms with Crippen LogP contribution < -0.4 is 15.6 Å². The lowest BCUT2D eigenvalue weighted by Gasteiger charge is -2.11. The van der Waals surface area contributed by atoms with Gasteiger partial charge in [0.1, 0.15) is 5.75 Å². The zero-order valence-corrected chi connectivity index (χ0v) is 10.9. The van der Waals surface area contributed by atoms with E-state index in [0.717, 1.165) is 0 Å². The second-order valence-corrected chi connectivity index (χ2v) is 4.27. The molecular weight excluding hydrogens is 270 g/mol. The minimum atomic E-state index is -0.268. The predicted molar refractivity (Wildman–Crippen MR) is 78.6 cm³/mol. The van der Waals surface area contributed by atoms with E-state index in [1.807, 2.05) is 18.2 Å². The van der Waals surface area contributed by atoms with Crippen LogP contribution in [0.4, 0.5) is 5.69 Å². The smallest absolute Gasteiger partial charge is 0.258 e. The summed E-state index contributed by atoms with van der Waals surface area (Å²) in [5.74, 6) is 0.977. The molecule has 0 unspecified atom stereocenters. The molecule has 6 nitrogen and oxygen atoms in total. The Kier molecular flexibility index (Phi) is 3.34. The first-order valence-corrected chi connectivity index (χ1v) is 6.22. The van der Waals surface area contributed by atoms with E-state index in [4.69, 9.17) is 4.74 Å². The standard InChI is InChI=1S/C15H11N3O3/c19-9-18-13-7-12-11(15(20)17-8-16-12)6-14(13)21-10-4-2-1-3-5-10/h1-9H,(H,18,19)(H,16,17,20). The number of hydrogen-bond acceptors (Lipinski definition) is 4. The maximum atomic E-state index is 11.8. The third-order valence-corrected chi connectivity index (χ3v) is 2.93. The van der Waals surface area contributed by atoms with Crippen molar-refractivity contribution in [2.75, 3.05) is 5.32 Å². The highest BCUT2D eigenvalue weighted by Crippen LogP contribution is 2.31. The van der Waals surface area contributed by atoms with Crippen LogP contribution in [0.1, 0.15) is 0 Å². The van der Waals surface area contributed by atoms with Gasteiger partial charge in [-0.1, -0.05) is 18.2 Å². The molecule has 1 aromatic heterocycles. The SMILES string of the molecule is O=CNc1cc2nc[nH]c(=O)c2cc1Oc1ccccc1. The molecule has 2 N–H and O–H groups in total. The first-order valence-electron chi connectivity index (χ1n) is 6.22. The lowest BCUT2D eigenvalue weighted by atomic mass is 10.2. The number of nitrogens with one attached hydrogen (secondary N) is 2. The van der Waals surface area contributed by atoms with Gasteiger partial charge >= 0.3 is 0 Å². The molecule has 104 valence electrons. The van der Waals surface area contributed by atoms with Gasteiger partial charge < -0.3 is 15.0 Å². The average molecular weight is 281 g/mol. The Labute approximate surface area is 119 Å². The van der Waals surface area contributed by atoms with Crippen LogP contribution in [0.5, 0.6) is 11.5 Å². The van der Waals surface area contributed by atoms with E-state index in [1.165, 1.54) is 6.33 Å². The molecule has 3 aromatic rings. The van der Waals surface area contributed by atoms with Crippen molar-refractivity contribution in [3.05, 3.63) is 59.1 Å². The number of carbonyl (C=O) groups is 1. The number of H-pyrrole nitrogens is 1. The lowest BCUT2D eigenvalue weighted by molar-refractivity contribution is -0.105. The Bertz CT molecular complexity index is 844. The van der Waals surface area contributed by atoms with Crippen LogP contribution in [0.15, 0.2) is 53.6 Å². The number of amides is 1. The first-order chi connectivity index (χ1) is 10.3. The normalized spacial score (nSPS) is 10.3. The van der Waals surface area contributed by atoms with Gasteiger partial charge in [-0.05, 0) is 24.3 Å². The van der Waals surface area contributed by atoms with E-state index >= 15 is 0 Å². The van der Waals surface area contributed by atoms with E-state index in [2.05, 4.69) is 15.3 Å². The largest absolute Gasteiger partial charge is 0.455 e. The summed E-state index contributed by atoms with van der Waals surface area (Å²) in [5.41, 5.74) is 0.651. The number of anilines is 1. The zero-order chi connectivity index (χ0) is 14.7. The molecule has 0 bridgehead atoms. The van der Waals surface area contributed by atoms with E-state index in [9.17, 15) is 9.59 Å². The lowest BCUT2D eigenvalue weighted by Crippen LogP contribution is -2.07. The quantitative estimate of drug-likeness (QED) is 0.718. The van der Waals surface area contributed by atoms with E-state index < -0.39 is 0 Å². The van der Waals surface area contributed by atoms with Crippen LogP contribution in [0.2, 0.25) is 0 Å². The number of hydrogen-bond donors (Lipinski definition) is 2. The van der Waals surface area contributed by atoms with Gasteiger partial charge in [0, 0.05) is 0 Å². The van der Waals surface area contributed by atoms with Crippen LogP contribution in [-0.4, -0.2) is 16.4 Å². The van der Waals surface area contributed by atoms with Gasteiger partial charge in [0.25, 0.3) is 5.56 Å². The highest BCUT2D eigenvalue weighted by atomic mass is 16.5. The van der Waals surface area contributed by atoms with Gasteiger partial charge in [0.15, 0.2) is 5.75 Å². The number of carbonyl (C=O) groups excluding carboxylic acids is 1. The fourth-order valence-electron chi connectivity index (χ4n) is 1.97. The maximum absolute atomic E-state index is 11.8. The average Bonchev–Trinajstić information content (AvgIpc) is 2.50. The summed E-state index contributed by atoms with van der Waals surface area (Å²) in [5, 5.41) is 2.94. The van der Waals surface area contributed by atoms with Crippen LogP contribution in [-0.2, 0) is 4.79 Å². The molecule has 3 rings (SSSR count). The Morgan fingerprint density at radius 1 is 1.19 bits per heavy atom. The summed E-state index contributed by atoms with van der Waals surface area (Å²) < 4.78 is 5.72. The topological polar surface area (TPSA) is 84.1 Å². The molecule has 0 atom stereocenters. The summed E-state index contributed by atoms with van der Waals surface area (Å²) in [4.78, 5) is 29.1. The molecule has 1 amide bonds. The van der Waals surface area contributed by atoms with Gasteiger partial charge in [-0.15, -0.1) is 0 Å². The molecule has 0 saturated heterocycles. The van der Waals surface area contributed by atoms with E-state index in [-0.39, 0.29) is 5.56 Å². The van der Waals surface area contributed by atoms with E-state index in [0.29, 0.717) is 34.5 Å². The van der Waals surface area contributed by atoms with Crippen molar-refractivity contribution in [1.29, 1.82) is 0 Å². The molecule has 6 heteroatoms. The van der Waals surface area contributed by atoms with Crippen LogP contribution in [0, 0.1) is 0 Å². The Morgan fingerprint density at radius 3 is 2.76 bits per heavy atom. The first kappa shape index (κ1) is 12.9.